The highest BCUT2D eigenvalue weighted by atomic mass is 16.5. The maximum absolute atomic E-state index is 11.3. The first kappa shape index (κ1) is 12.7. The van der Waals surface area contributed by atoms with Gasteiger partial charge >= 0.3 is 0 Å². The number of rotatable bonds is 5. The lowest BCUT2D eigenvalue weighted by Crippen LogP contribution is -2.16. The van der Waals surface area contributed by atoms with Crippen molar-refractivity contribution in [3.05, 3.63) is 29.8 Å². The molecule has 0 saturated heterocycles. The van der Waals surface area contributed by atoms with Crippen LogP contribution in [0.2, 0.25) is 0 Å². The molecule has 88 valence electrons. The van der Waals surface area contributed by atoms with Crippen LogP contribution >= 0.6 is 0 Å². The third-order valence-corrected chi connectivity index (χ3v) is 2.65. The molecule has 0 heterocycles. The van der Waals surface area contributed by atoms with Crippen LogP contribution in [0.1, 0.15) is 31.7 Å². The Balaban J connectivity index is 2.61. The molecule has 1 amide bonds. The Hall–Kier alpha value is -1.35. The standard InChI is InChI=1S/C13H19NO2/c1-4-10(2)11-5-7-12(8-6-11)14-13(15)9-16-3/h5-8,10H,4,9H2,1-3H3,(H,14,15). The summed E-state index contributed by atoms with van der Waals surface area (Å²) in [7, 11) is 1.51. The molecule has 3 heteroatoms. The largest absolute Gasteiger partial charge is 0.375 e. The summed E-state index contributed by atoms with van der Waals surface area (Å²) in [5, 5.41) is 2.76. The second-order valence-electron chi connectivity index (χ2n) is 3.91. The molecule has 0 radical (unpaired) electrons. The highest BCUT2D eigenvalue weighted by molar-refractivity contribution is 5.91. The van der Waals surface area contributed by atoms with Crippen LogP contribution in [0.5, 0.6) is 0 Å². The lowest BCUT2D eigenvalue weighted by Gasteiger charge is -2.10. The molecule has 0 fully saturated rings. The minimum Gasteiger partial charge on any atom is -0.375 e. The van der Waals surface area contributed by atoms with Crippen molar-refractivity contribution < 1.29 is 9.53 Å². The maximum Gasteiger partial charge on any atom is 0.250 e. The molecule has 1 atom stereocenters. The second-order valence-corrected chi connectivity index (χ2v) is 3.91. The first-order valence-electron chi connectivity index (χ1n) is 5.56. The van der Waals surface area contributed by atoms with Crippen LogP contribution in [-0.4, -0.2) is 19.6 Å². The van der Waals surface area contributed by atoms with Crippen LogP contribution in [-0.2, 0) is 9.53 Å². The summed E-state index contributed by atoms with van der Waals surface area (Å²) in [6.07, 6.45) is 1.12. The van der Waals surface area contributed by atoms with Crippen molar-refractivity contribution in [2.75, 3.05) is 19.0 Å². The highest BCUT2D eigenvalue weighted by Gasteiger charge is 2.04. The van der Waals surface area contributed by atoms with E-state index in [1.165, 1.54) is 12.7 Å². The van der Waals surface area contributed by atoms with Gasteiger partial charge in [0.25, 0.3) is 0 Å². The van der Waals surface area contributed by atoms with Crippen molar-refractivity contribution in [1.82, 2.24) is 0 Å². The minimum absolute atomic E-state index is 0.0904. The fourth-order valence-electron chi connectivity index (χ4n) is 1.46. The van der Waals surface area contributed by atoms with E-state index in [0.717, 1.165) is 12.1 Å². The zero-order valence-electron chi connectivity index (χ0n) is 10.1. The predicted molar refractivity (Wildman–Crippen MR) is 65.7 cm³/mol. The SMILES string of the molecule is CCC(C)c1ccc(NC(=O)COC)cc1. The number of amides is 1. The summed E-state index contributed by atoms with van der Waals surface area (Å²) in [6, 6.07) is 7.96. The number of methoxy groups -OCH3 is 1. The van der Waals surface area contributed by atoms with E-state index in [0.29, 0.717) is 5.92 Å². The molecule has 16 heavy (non-hydrogen) atoms. The molecular weight excluding hydrogens is 202 g/mol. The summed E-state index contributed by atoms with van der Waals surface area (Å²) in [5.41, 5.74) is 2.11. The topological polar surface area (TPSA) is 38.3 Å². The van der Waals surface area contributed by atoms with Gasteiger partial charge < -0.3 is 10.1 Å². The van der Waals surface area contributed by atoms with Crippen molar-refractivity contribution >= 4 is 11.6 Å². The third-order valence-electron chi connectivity index (χ3n) is 2.65. The Labute approximate surface area is 96.8 Å². The molecule has 0 spiro atoms. The molecule has 1 N–H and O–H groups in total. The van der Waals surface area contributed by atoms with Crippen LogP contribution in [0, 0.1) is 0 Å². The molecule has 0 aromatic heterocycles. The molecule has 0 aliphatic heterocycles. The van der Waals surface area contributed by atoms with Crippen molar-refractivity contribution in [1.29, 1.82) is 0 Å². The van der Waals surface area contributed by atoms with Crippen molar-refractivity contribution in [2.24, 2.45) is 0 Å². The summed E-state index contributed by atoms with van der Waals surface area (Å²) >= 11 is 0. The van der Waals surface area contributed by atoms with Crippen molar-refractivity contribution in [3.8, 4) is 0 Å². The smallest absolute Gasteiger partial charge is 0.250 e. The fraction of sp³-hybridized carbons (Fsp3) is 0.462. The Morgan fingerprint density at radius 1 is 1.38 bits per heavy atom. The number of ether oxygens (including phenoxy) is 1. The second kappa shape index (κ2) is 6.28. The Morgan fingerprint density at radius 3 is 2.50 bits per heavy atom. The zero-order chi connectivity index (χ0) is 12.0. The minimum atomic E-state index is -0.126. The van der Waals surface area contributed by atoms with Crippen molar-refractivity contribution in [3.63, 3.8) is 0 Å². The number of anilines is 1. The molecule has 1 unspecified atom stereocenters. The van der Waals surface area contributed by atoms with E-state index in [4.69, 9.17) is 4.74 Å². The van der Waals surface area contributed by atoms with Crippen LogP contribution in [0.4, 0.5) is 5.69 Å². The summed E-state index contributed by atoms with van der Waals surface area (Å²) in [5.74, 6) is 0.433. The van der Waals surface area contributed by atoms with Gasteiger partial charge in [0.1, 0.15) is 6.61 Å². The molecule has 3 nitrogen and oxygen atoms in total. The normalized spacial score (nSPS) is 12.2. The van der Waals surface area contributed by atoms with Gasteiger partial charge in [0, 0.05) is 12.8 Å². The Morgan fingerprint density at radius 2 is 2.00 bits per heavy atom. The third kappa shape index (κ3) is 3.66. The van der Waals surface area contributed by atoms with Gasteiger partial charge in [0.15, 0.2) is 0 Å². The molecule has 0 aliphatic carbocycles. The molecule has 0 aliphatic rings. The number of hydrogen-bond acceptors (Lipinski definition) is 2. The Bertz CT molecular complexity index is 332. The van der Waals surface area contributed by atoms with Gasteiger partial charge in [-0.15, -0.1) is 0 Å². The zero-order valence-corrected chi connectivity index (χ0v) is 10.1. The van der Waals surface area contributed by atoms with Crippen LogP contribution in [0.3, 0.4) is 0 Å². The van der Waals surface area contributed by atoms with Crippen LogP contribution < -0.4 is 5.32 Å². The van der Waals surface area contributed by atoms with E-state index in [9.17, 15) is 4.79 Å². The van der Waals surface area contributed by atoms with Gasteiger partial charge in [-0.2, -0.15) is 0 Å². The van der Waals surface area contributed by atoms with E-state index in [2.05, 4.69) is 31.3 Å². The van der Waals surface area contributed by atoms with E-state index < -0.39 is 0 Å². The van der Waals surface area contributed by atoms with E-state index in [1.54, 1.807) is 0 Å². The molecular formula is C13H19NO2. The summed E-state index contributed by atoms with van der Waals surface area (Å²) in [6.45, 7) is 4.45. The summed E-state index contributed by atoms with van der Waals surface area (Å²) in [4.78, 5) is 11.3. The first-order valence-corrected chi connectivity index (χ1v) is 5.56. The number of hydrogen-bond donors (Lipinski definition) is 1. The molecule has 1 aromatic rings. The predicted octanol–water partition coefficient (Wildman–Crippen LogP) is 2.79. The average molecular weight is 221 g/mol. The number of carbonyl (C=O) groups is 1. The molecule has 0 saturated carbocycles. The van der Waals surface area contributed by atoms with Gasteiger partial charge in [-0.05, 0) is 30.0 Å². The highest BCUT2D eigenvalue weighted by Crippen LogP contribution is 2.20. The average Bonchev–Trinajstić information content (AvgIpc) is 2.29. The molecule has 1 aromatic carbocycles. The van der Waals surface area contributed by atoms with Gasteiger partial charge in [-0.25, -0.2) is 0 Å². The Kier molecular flexibility index (Phi) is 4.99. The molecule has 0 bridgehead atoms. The quantitative estimate of drug-likeness (QED) is 0.830. The van der Waals surface area contributed by atoms with Crippen LogP contribution in [0.15, 0.2) is 24.3 Å². The number of nitrogens with one attached hydrogen (secondary N) is 1. The lowest BCUT2D eigenvalue weighted by molar-refractivity contribution is -0.119. The lowest BCUT2D eigenvalue weighted by atomic mass is 9.99. The van der Waals surface area contributed by atoms with Gasteiger partial charge in [-0.1, -0.05) is 26.0 Å². The van der Waals surface area contributed by atoms with E-state index in [-0.39, 0.29) is 12.5 Å². The first-order chi connectivity index (χ1) is 7.67. The summed E-state index contributed by atoms with van der Waals surface area (Å²) < 4.78 is 4.74. The number of carbonyl (C=O) groups excluding carboxylic acids is 1. The van der Waals surface area contributed by atoms with Gasteiger partial charge in [-0.3, -0.25) is 4.79 Å². The maximum atomic E-state index is 11.3. The van der Waals surface area contributed by atoms with Gasteiger partial charge in [0.2, 0.25) is 5.91 Å². The monoisotopic (exact) mass is 221 g/mol. The van der Waals surface area contributed by atoms with E-state index >= 15 is 0 Å². The van der Waals surface area contributed by atoms with Crippen molar-refractivity contribution in [2.45, 2.75) is 26.2 Å². The van der Waals surface area contributed by atoms with E-state index in [1.807, 2.05) is 12.1 Å². The number of benzene rings is 1. The van der Waals surface area contributed by atoms with Crippen LogP contribution in [0.25, 0.3) is 0 Å². The van der Waals surface area contributed by atoms with Gasteiger partial charge in [0.05, 0.1) is 0 Å². The molecule has 1 rings (SSSR count). The fourth-order valence-corrected chi connectivity index (χ4v) is 1.46.